The molecule has 0 spiro atoms. The second-order valence-corrected chi connectivity index (χ2v) is 5.09. The van der Waals surface area contributed by atoms with Crippen LogP contribution in [0.1, 0.15) is 35.1 Å². The molecule has 0 radical (unpaired) electrons. The maximum Gasteiger partial charge on any atom is 0.0326 e. The van der Waals surface area contributed by atoms with Gasteiger partial charge < -0.3 is 5.32 Å². The van der Waals surface area contributed by atoms with Gasteiger partial charge in [0.1, 0.15) is 0 Å². The standard InChI is InChI=1S/C17H19N/c1-18-17-12-14(11-13-7-3-2-4-8-13)15-9-5-6-10-16(15)17/h2-10,14,17-18H,11-12H2,1H3/t14-,17?/m1/s1. The molecule has 0 fully saturated rings. The van der Waals surface area contributed by atoms with E-state index in [0.717, 1.165) is 6.42 Å². The molecule has 1 nitrogen and oxygen atoms in total. The fourth-order valence-corrected chi connectivity index (χ4v) is 3.10. The Hall–Kier alpha value is -1.60. The van der Waals surface area contributed by atoms with Crippen LogP contribution in [0.25, 0.3) is 0 Å². The normalized spacial score (nSPS) is 21.8. The van der Waals surface area contributed by atoms with E-state index < -0.39 is 0 Å². The highest BCUT2D eigenvalue weighted by atomic mass is 14.9. The van der Waals surface area contributed by atoms with Crippen molar-refractivity contribution in [2.45, 2.75) is 24.8 Å². The third-order valence-electron chi connectivity index (χ3n) is 4.00. The molecule has 0 amide bonds. The van der Waals surface area contributed by atoms with Gasteiger partial charge in [-0.3, -0.25) is 0 Å². The maximum atomic E-state index is 3.44. The Labute approximate surface area is 109 Å². The highest BCUT2D eigenvalue weighted by Gasteiger charge is 2.29. The van der Waals surface area contributed by atoms with Gasteiger partial charge in [0.05, 0.1) is 0 Å². The SMILES string of the molecule is CNC1C[C@@H](Cc2ccccc2)c2ccccc21. The molecule has 2 aromatic rings. The molecular weight excluding hydrogens is 218 g/mol. The highest BCUT2D eigenvalue weighted by molar-refractivity contribution is 5.39. The molecule has 18 heavy (non-hydrogen) atoms. The molecule has 2 atom stereocenters. The first-order valence-corrected chi connectivity index (χ1v) is 6.68. The summed E-state index contributed by atoms with van der Waals surface area (Å²) in [6, 6.07) is 20.2. The molecular formula is C17H19N. The number of benzene rings is 2. The zero-order valence-electron chi connectivity index (χ0n) is 10.8. The minimum Gasteiger partial charge on any atom is -0.313 e. The first-order chi connectivity index (χ1) is 8.88. The van der Waals surface area contributed by atoms with Crippen molar-refractivity contribution in [3.63, 3.8) is 0 Å². The van der Waals surface area contributed by atoms with E-state index in [-0.39, 0.29) is 0 Å². The summed E-state index contributed by atoms with van der Waals surface area (Å²) in [5.41, 5.74) is 4.45. The number of fused-ring (bicyclic) bond motifs is 1. The summed E-state index contributed by atoms with van der Waals surface area (Å²) in [6.45, 7) is 0. The molecule has 0 aliphatic heterocycles. The van der Waals surface area contributed by atoms with Gasteiger partial charge in [-0.15, -0.1) is 0 Å². The van der Waals surface area contributed by atoms with Gasteiger partial charge in [-0.25, -0.2) is 0 Å². The van der Waals surface area contributed by atoms with Crippen molar-refractivity contribution < 1.29 is 0 Å². The summed E-state index contributed by atoms with van der Waals surface area (Å²) in [5, 5.41) is 3.44. The van der Waals surface area contributed by atoms with Crippen LogP contribution < -0.4 is 5.32 Å². The minimum absolute atomic E-state index is 0.523. The lowest BCUT2D eigenvalue weighted by Crippen LogP contribution is -2.13. The van der Waals surface area contributed by atoms with Crippen LogP contribution in [-0.2, 0) is 6.42 Å². The average molecular weight is 237 g/mol. The van der Waals surface area contributed by atoms with E-state index in [2.05, 4.69) is 67.0 Å². The summed E-state index contributed by atoms with van der Waals surface area (Å²) < 4.78 is 0. The number of rotatable bonds is 3. The fourth-order valence-electron chi connectivity index (χ4n) is 3.10. The van der Waals surface area contributed by atoms with Gasteiger partial charge in [0.15, 0.2) is 0 Å². The average Bonchev–Trinajstić information content (AvgIpc) is 2.78. The number of hydrogen-bond acceptors (Lipinski definition) is 1. The smallest absolute Gasteiger partial charge is 0.0326 e. The molecule has 0 saturated carbocycles. The second-order valence-electron chi connectivity index (χ2n) is 5.09. The Morgan fingerprint density at radius 3 is 2.33 bits per heavy atom. The third-order valence-corrected chi connectivity index (χ3v) is 4.00. The largest absolute Gasteiger partial charge is 0.313 e. The Morgan fingerprint density at radius 1 is 0.944 bits per heavy atom. The van der Waals surface area contributed by atoms with Gasteiger partial charge in [-0.05, 0) is 42.5 Å². The zero-order chi connectivity index (χ0) is 12.4. The van der Waals surface area contributed by atoms with Crippen molar-refractivity contribution in [3.8, 4) is 0 Å². The highest BCUT2D eigenvalue weighted by Crippen LogP contribution is 2.41. The second kappa shape index (κ2) is 4.95. The van der Waals surface area contributed by atoms with Crippen LogP contribution >= 0.6 is 0 Å². The molecule has 1 heteroatoms. The minimum atomic E-state index is 0.523. The predicted octanol–water partition coefficient (Wildman–Crippen LogP) is 3.68. The van der Waals surface area contributed by atoms with Gasteiger partial charge in [-0.2, -0.15) is 0 Å². The molecule has 92 valence electrons. The maximum absolute atomic E-state index is 3.44. The summed E-state index contributed by atoms with van der Waals surface area (Å²) >= 11 is 0. The molecule has 0 aromatic heterocycles. The molecule has 0 heterocycles. The first-order valence-electron chi connectivity index (χ1n) is 6.68. The summed E-state index contributed by atoms with van der Waals surface area (Å²) in [4.78, 5) is 0. The molecule has 0 bridgehead atoms. The van der Waals surface area contributed by atoms with Crippen LogP contribution in [0.15, 0.2) is 54.6 Å². The van der Waals surface area contributed by atoms with Crippen LogP contribution in [0, 0.1) is 0 Å². The monoisotopic (exact) mass is 237 g/mol. The van der Waals surface area contributed by atoms with Crippen LogP contribution in [0.4, 0.5) is 0 Å². The van der Waals surface area contributed by atoms with Gasteiger partial charge in [0.2, 0.25) is 0 Å². The van der Waals surface area contributed by atoms with Gasteiger partial charge >= 0.3 is 0 Å². The van der Waals surface area contributed by atoms with Crippen molar-refractivity contribution in [2.75, 3.05) is 7.05 Å². The topological polar surface area (TPSA) is 12.0 Å². The number of hydrogen-bond donors (Lipinski definition) is 1. The Morgan fingerprint density at radius 2 is 1.61 bits per heavy atom. The van der Waals surface area contributed by atoms with E-state index in [0.29, 0.717) is 12.0 Å². The first kappa shape index (κ1) is 11.5. The molecule has 1 aliphatic rings. The van der Waals surface area contributed by atoms with E-state index in [4.69, 9.17) is 0 Å². The van der Waals surface area contributed by atoms with E-state index in [1.807, 2.05) is 0 Å². The third kappa shape index (κ3) is 2.06. The van der Waals surface area contributed by atoms with Crippen molar-refractivity contribution >= 4 is 0 Å². The van der Waals surface area contributed by atoms with Crippen molar-refractivity contribution in [2.24, 2.45) is 0 Å². The quantitative estimate of drug-likeness (QED) is 0.858. The Bertz CT molecular complexity index is 518. The van der Waals surface area contributed by atoms with Crippen LogP contribution in [-0.4, -0.2) is 7.05 Å². The van der Waals surface area contributed by atoms with Crippen molar-refractivity contribution in [3.05, 3.63) is 71.3 Å². The van der Waals surface area contributed by atoms with E-state index >= 15 is 0 Å². The predicted molar refractivity (Wildman–Crippen MR) is 75.7 cm³/mol. The van der Waals surface area contributed by atoms with E-state index in [9.17, 15) is 0 Å². The number of nitrogens with one attached hydrogen (secondary N) is 1. The van der Waals surface area contributed by atoms with Crippen LogP contribution in [0.2, 0.25) is 0 Å². The lowest BCUT2D eigenvalue weighted by molar-refractivity contribution is 0.532. The molecule has 1 aliphatic carbocycles. The van der Waals surface area contributed by atoms with Crippen LogP contribution in [0.5, 0.6) is 0 Å². The van der Waals surface area contributed by atoms with E-state index in [1.165, 1.54) is 23.1 Å². The summed E-state index contributed by atoms with van der Waals surface area (Å²) in [6.07, 6.45) is 2.36. The molecule has 1 unspecified atom stereocenters. The molecule has 0 saturated heterocycles. The lowest BCUT2D eigenvalue weighted by atomic mass is 9.94. The van der Waals surface area contributed by atoms with Gasteiger partial charge in [0, 0.05) is 6.04 Å². The Kier molecular flexibility index (Phi) is 3.16. The molecule has 2 aromatic carbocycles. The summed E-state index contributed by atoms with van der Waals surface area (Å²) in [7, 11) is 2.06. The summed E-state index contributed by atoms with van der Waals surface area (Å²) in [5.74, 6) is 0.654. The zero-order valence-corrected chi connectivity index (χ0v) is 10.8. The van der Waals surface area contributed by atoms with Crippen LogP contribution in [0.3, 0.4) is 0 Å². The van der Waals surface area contributed by atoms with Crippen molar-refractivity contribution in [1.82, 2.24) is 5.32 Å². The molecule has 1 N–H and O–H groups in total. The van der Waals surface area contributed by atoms with E-state index in [1.54, 1.807) is 0 Å². The van der Waals surface area contributed by atoms with Gasteiger partial charge in [0.25, 0.3) is 0 Å². The van der Waals surface area contributed by atoms with Crippen molar-refractivity contribution in [1.29, 1.82) is 0 Å². The molecule has 3 rings (SSSR count). The lowest BCUT2D eigenvalue weighted by Gasteiger charge is -2.12. The fraction of sp³-hybridized carbons (Fsp3) is 0.294. The Balaban J connectivity index is 1.87. The van der Waals surface area contributed by atoms with Gasteiger partial charge in [-0.1, -0.05) is 54.6 Å².